The molecule has 1 fully saturated rings. The van der Waals surface area contributed by atoms with Crippen molar-refractivity contribution in [3.05, 3.63) is 48.0 Å². The molecule has 5 heteroatoms. The van der Waals surface area contributed by atoms with Crippen molar-refractivity contribution in [1.82, 2.24) is 4.90 Å². The smallest absolute Gasteiger partial charge is 0.126 e. The van der Waals surface area contributed by atoms with Crippen molar-refractivity contribution in [2.24, 2.45) is 0 Å². The fourth-order valence-corrected chi connectivity index (χ4v) is 3.38. The topological polar surface area (TPSA) is 65.0 Å². The molecule has 2 aromatic rings. The zero-order valence-corrected chi connectivity index (χ0v) is 13.9. The molecule has 3 rings (SSSR count). The maximum atomic E-state index is 9.49. The predicted molar refractivity (Wildman–Crippen MR) is 94.4 cm³/mol. The van der Waals surface area contributed by atoms with Crippen molar-refractivity contribution < 1.29 is 15.1 Å². The van der Waals surface area contributed by atoms with Gasteiger partial charge in [-0.2, -0.15) is 0 Å². The molecule has 0 unspecified atom stereocenters. The van der Waals surface area contributed by atoms with Crippen LogP contribution in [0.5, 0.6) is 5.75 Å². The summed E-state index contributed by atoms with van der Waals surface area (Å²) < 4.78 is 5.50. The van der Waals surface area contributed by atoms with E-state index >= 15 is 0 Å². The van der Waals surface area contributed by atoms with E-state index in [1.807, 2.05) is 24.3 Å². The van der Waals surface area contributed by atoms with Crippen LogP contribution in [0.25, 0.3) is 11.1 Å². The van der Waals surface area contributed by atoms with Gasteiger partial charge in [0.25, 0.3) is 0 Å². The van der Waals surface area contributed by atoms with E-state index in [4.69, 9.17) is 9.94 Å². The molecule has 0 saturated carbocycles. The van der Waals surface area contributed by atoms with Gasteiger partial charge < -0.3 is 9.84 Å². The number of nitrogens with one attached hydrogen (secondary N) is 1. The number of hydrogen-bond acceptors (Lipinski definition) is 5. The van der Waals surface area contributed by atoms with Gasteiger partial charge in [0, 0.05) is 18.2 Å². The normalized spacial score (nSPS) is 17.9. The van der Waals surface area contributed by atoms with Crippen LogP contribution in [-0.4, -0.2) is 41.5 Å². The van der Waals surface area contributed by atoms with Crippen LogP contribution in [0.15, 0.2) is 42.5 Å². The summed E-state index contributed by atoms with van der Waals surface area (Å²) in [5.41, 5.74) is 5.98. The molecule has 0 aromatic heterocycles. The molecule has 0 amide bonds. The summed E-state index contributed by atoms with van der Waals surface area (Å²) in [6, 6.07) is 14.0. The lowest BCUT2D eigenvalue weighted by Crippen LogP contribution is -2.31. The van der Waals surface area contributed by atoms with Crippen LogP contribution < -0.4 is 10.2 Å². The summed E-state index contributed by atoms with van der Waals surface area (Å²) in [6.07, 6.45) is 2.20. The Morgan fingerprint density at radius 2 is 2.12 bits per heavy atom. The van der Waals surface area contributed by atoms with Crippen LogP contribution in [0.3, 0.4) is 0 Å². The lowest BCUT2D eigenvalue weighted by atomic mass is 10.0. The quantitative estimate of drug-likeness (QED) is 0.711. The van der Waals surface area contributed by atoms with Crippen LogP contribution in [0.1, 0.15) is 18.4 Å². The molecule has 0 aliphatic carbocycles. The summed E-state index contributed by atoms with van der Waals surface area (Å²) in [5, 5.41) is 18.6. The fourth-order valence-electron chi connectivity index (χ4n) is 3.38. The molecule has 2 aromatic carbocycles. The molecule has 0 spiro atoms. The highest BCUT2D eigenvalue weighted by Gasteiger charge is 2.23. The Labute approximate surface area is 142 Å². The van der Waals surface area contributed by atoms with E-state index in [9.17, 15) is 5.11 Å². The van der Waals surface area contributed by atoms with Gasteiger partial charge in [-0.15, -0.1) is 0 Å². The molecule has 1 saturated heterocycles. The van der Waals surface area contributed by atoms with Gasteiger partial charge in [-0.05, 0) is 54.8 Å². The van der Waals surface area contributed by atoms with Crippen molar-refractivity contribution >= 4 is 5.69 Å². The highest BCUT2D eigenvalue weighted by atomic mass is 16.5. The predicted octanol–water partition coefficient (Wildman–Crippen LogP) is 3.12. The zero-order valence-electron chi connectivity index (χ0n) is 13.9. The highest BCUT2D eigenvalue weighted by molar-refractivity contribution is 5.74. The van der Waals surface area contributed by atoms with Crippen molar-refractivity contribution in [2.45, 2.75) is 25.4 Å². The molecule has 24 heavy (non-hydrogen) atoms. The monoisotopic (exact) mass is 328 g/mol. The van der Waals surface area contributed by atoms with Crippen molar-refractivity contribution in [1.29, 1.82) is 0 Å². The summed E-state index contributed by atoms with van der Waals surface area (Å²) in [7, 11) is 1.66. The van der Waals surface area contributed by atoms with Crippen LogP contribution in [-0.2, 0) is 6.54 Å². The Bertz CT molecular complexity index is 690. The van der Waals surface area contributed by atoms with E-state index in [2.05, 4.69) is 22.5 Å². The molecule has 1 atom stereocenters. The van der Waals surface area contributed by atoms with E-state index in [0.717, 1.165) is 42.8 Å². The second-order valence-electron chi connectivity index (χ2n) is 6.18. The number of likely N-dealkylation sites (tertiary alicyclic amines) is 1. The molecule has 1 aliphatic heterocycles. The van der Waals surface area contributed by atoms with Gasteiger partial charge in [-0.3, -0.25) is 15.6 Å². The van der Waals surface area contributed by atoms with E-state index in [1.54, 1.807) is 13.2 Å². The first-order valence-corrected chi connectivity index (χ1v) is 8.27. The maximum Gasteiger partial charge on any atom is 0.126 e. The Morgan fingerprint density at radius 1 is 1.25 bits per heavy atom. The lowest BCUT2D eigenvalue weighted by molar-refractivity contribution is 0.153. The first-order chi connectivity index (χ1) is 11.7. The summed E-state index contributed by atoms with van der Waals surface area (Å²) in [6.45, 7) is 2.06. The number of anilines is 1. The zero-order chi connectivity index (χ0) is 16.9. The molecule has 1 aliphatic rings. The Kier molecular flexibility index (Phi) is 5.35. The van der Waals surface area contributed by atoms with Crippen molar-refractivity contribution in [2.75, 3.05) is 25.7 Å². The number of rotatable bonds is 6. The Balaban J connectivity index is 1.90. The number of aliphatic hydroxyl groups excluding tert-OH is 1. The summed E-state index contributed by atoms with van der Waals surface area (Å²) in [4.78, 5) is 2.33. The number of nitrogens with zero attached hydrogens (tertiary/aromatic N) is 1. The summed E-state index contributed by atoms with van der Waals surface area (Å²) in [5.74, 6) is 0.800. The number of benzene rings is 2. The minimum absolute atomic E-state index is 0.216. The summed E-state index contributed by atoms with van der Waals surface area (Å²) >= 11 is 0. The SMILES string of the molecule is COc1ccc(CN2CCC[C@@H]2CO)cc1-c1cccc(NO)c1. The standard InChI is InChI=1S/C19H24N2O3/c1-24-19-8-7-14(12-21-9-3-6-17(21)13-22)10-18(19)15-4-2-5-16(11-15)20-23/h2,4-5,7-8,10-11,17,20,22-23H,3,6,9,12-13H2,1H3/t17-/m1/s1. The second kappa shape index (κ2) is 7.66. The van der Waals surface area contributed by atoms with Crippen molar-refractivity contribution in [3.8, 4) is 16.9 Å². The van der Waals surface area contributed by atoms with Crippen LogP contribution in [0.2, 0.25) is 0 Å². The van der Waals surface area contributed by atoms with Gasteiger partial charge in [0.15, 0.2) is 0 Å². The fraction of sp³-hybridized carbons (Fsp3) is 0.368. The Hall–Kier alpha value is -2.08. The second-order valence-corrected chi connectivity index (χ2v) is 6.18. The number of methoxy groups -OCH3 is 1. The van der Waals surface area contributed by atoms with Crippen molar-refractivity contribution in [3.63, 3.8) is 0 Å². The third-order valence-corrected chi connectivity index (χ3v) is 4.66. The molecule has 0 bridgehead atoms. The van der Waals surface area contributed by atoms with Gasteiger partial charge in [-0.25, -0.2) is 0 Å². The van der Waals surface area contributed by atoms with Crippen LogP contribution in [0, 0.1) is 0 Å². The molecule has 1 heterocycles. The average molecular weight is 328 g/mol. The molecule has 5 nitrogen and oxygen atoms in total. The maximum absolute atomic E-state index is 9.49. The highest BCUT2D eigenvalue weighted by Crippen LogP contribution is 2.33. The largest absolute Gasteiger partial charge is 0.496 e. The first kappa shape index (κ1) is 16.8. The van der Waals surface area contributed by atoms with Crippen LogP contribution >= 0.6 is 0 Å². The van der Waals surface area contributed by atoms with Gasteiger partial charge in [0.05, 0.1) is 19.4 Å². The Morgan fingerprint density at radius 3 is 2.88 bits per heavy atom. The van der Waals surface area contributed by atoms with Gasteiger partial charge in [-0.1, -0.05) is 18.2 Å². The molecule has 128 valence electrons. The van der Waals surface area contributed by atoms with E-state index in [1.165, 1.54) is 5.56 Å². The van der Waals surface area contributed by atoms with Crippen LogP contribution in [0.4, 0.5) is 5.69 Å². The third kappa shape index (κ3) is 3.53. The van der Waals surface area contributed by atoms with E-state index in [-0.39, 0.29) is 12.6 Å². The number of aliphatic hydroxyl groups is 1. The van der Waals surface area contributed by atoms with Gasteiger partial charge in [0.2, 0.25) is 0 Å². The van der Waals surface area contributed by atoms with Gasteiger partial charge >= 0.3 is 0 Å². The third-order valence-electron chi connectivity index (χ3n) is 4.66. The van der Waals surface area contributed by atoms with E-state index in [0.29, 0.717) is 5.69 Å². The molecule has 0 radical (unpaired) electrons. The number of ether oxygens (including phenoxy) is 1. The molecular formula is C19H24N2O3. The minimum Gasteiger partial charge on any atom is -0.496 e. The lowest BCUT2D eigenvalue weighted by Gasteiger charge is -2.23. The molecule has 3 N–H and O–H groups in total. The average Bonchev–Trinajstić information content (AvgIpc) is 3.08. The first-order valence-electron chi connectivity index (χ1n) is 8.27. The number of hydrogen-bond donors (Lipinski definition) is 3. The molecular weight excluding hydrogens is 304 g/mol. The van der Waals surface area contributed by atoms with Gasteiger partial charge in [0.1, 0.15) is 5.75 Å². The van der Waals surface area contributed by atoms with E-state index < -0.39 is 0 Å². The minimum atomic E-state index is 0.216.